The normalized spacial score (nSPS) is 18.0. The van der Waals surface area contributed by atoms with Crippen molar-refractivity contribution in [3.8, 4) is 0 Å². The minimum atomic E-state index is -0.365. The summed E-state index contributed by atoms with van der Waals surface area (Å²) in [5.74, 6) is 0.232. The molecule has 4 rings (SSSR count). The van der Waals surface area contributed by atoms with Gasteiger partial charge in [-0.15, -0.1) is 0 Å². The van der Waals surface area contributed by atoms with Gasteiger partial charge in [-0.05, 0) is 38.0 Å². The minimum absolute atomic E-state index is 0.0105. The first-order chi connectivity index (χ1) is 14.5. The van der Waals surface area contributed by atoms with Crippen molar-refractivity contribution < 1.29 is 23.6 Å². The van der Waals surface area contributed by atoms with Gasteiger partial charge in [0, 0.05) is 25.8 Å². The van der Waals surface area contributed by atoms with E-state index in [0.29, 0.717) is 49.7 Å². The van der Waals surface area contributed by atoms with Crippen LogP contribution in [-0.2, 0) is 40.1 Å². The van der Waals surface area contributed by atoms with Gasteiger partial charge in [-0.1, -0.05) is 12.1 Å². The van der Waals surface area contributed by atoms with Crippen LogP contribution in [0.5, 0.6) is 0 Å². The van der Waals surface area contributed by atoms with Crippen molar-refractivity contribution in [3.63, 3.8) is 0 Å². The number of aromatic nitrogens is 3. The summed E-state index contributed by atoms with van der Waals surface area (Å²) < 4.78 is 17.8. The Hall–Kier alpha value is -2.68. The molecular formula is C21H28N4O5. The highest BCUT2D eigenvalue weighted by molar-refractivity contribution is 5.97. The number of carbonyl (C=O) groups is 2. The van der Waals surface area contributed by atoms with Crippen LogP contribution in [0.4, 0.5) is 0 Å². The highest BCUT2D eigenvalue weighted by atomic mass is 16.5. The van der Waals surface area contributed by atoms with Crippen molar-refractivity contribution in [2.24, 2.45) is 5.41 Å². The number of nitrogens with one attached hydrogen (secondary N) is 1. The SMILES string of the molecule is CCc1nn(CCOC(=O)Cc2cc(C)on2)c2c1C(=O)NCC1(CCOCC1)C2. The summed E-state index contributed by atoms with van der Waals surface area (Å²) in [6.45, 7) is 6.43. The van der Waals surface area contributed by atoms with Gasteiger partial charge in [0.25, 0.3) is 5.91 Å². The molecule has 2 aliphatic rings. The first-order valence-electron chi connectivity index (χ1n) is 10.5. The average molecular weight is 416 g/mol. The summed E-state index contributed by atoms with van der Waals surface area (Å²) in [6.07, 6.45) is 3.32. The van der Waals surface area contributed by atoms with E-state index < -0.39 is 0 Å². The van der Waals surface area contributed by atoms with Gasteiger partial charge in [0.1, 0.15) is 12.4 Å². The van der Waals surface area contributed by atoms with E-state index >= 15 is 0 Å². The molecule has 2 aromatic rings. The Morgan fingerprint density at radius 1 is 1.37 bits per heavy atom. The van der Waals surface area contributed by atoms with Crippen molar-refractivity contribution in [2.75, 3.05) is 26.4 Å². The molecule has 1 fully saturated rings. The fourth-order valence-corrected chi connectivity index (χ4v) is 4.30. The van der Waals surface area contributed by atoms with E-state index in [9.17, 15) is 9.59 Å². The van der Waals surface area contributed by atoms with Crippen LogP contribution < -0.4 is 5.32 Å². The molecule has 1 N–H and O–H groups in total. The molecule has 0 atom stereocenters. The van der Waals surface area contributed by atoms with E-state index in [1.165, 1.54) is 0 Å². The van der Waals surface area contributed by atoms with Crippen LogP contribution in [-0.4, -0.2) is 53.2 Å². The fourth-order valence-electron chi connectivity index (χ4n) is 4.30. The number of amides is 1. The van der Waals surface area contributed by atoms with Gasteiger partial charge in [-0.3, -0.25) is 14.3 Å². The molecule has 0 unspecified atom stereocenters. The maximum absolute atomic E-state index is 12.8. The molecule has 0 bridgehead atoms. The van der Waals surface area contributed by atoms with E-state index in [0.717, 1.165) is 30.7 Å². The molecule has 30 heavy (non-hydrogen) atoms. The van der Waals surface area contributed by atoms with Gasteiger partial charge < -0.3 is 19.3 Å². The van der Waals surface area contributed by atoms with Gasteiger partial charge in [0.2, 0.25) is 0 Å². The smallest absolute Gasteiger partial charge is 0.312 e. The maximum Gasteiger partial charge on any atom is 0.312 e. The molecular weight excluding hydrogens is 388 g/mol. The lowest BCUT2D eigenvalue weighted by Gasteiger charge is -2.36. The third kappa shape index (κ3) is 4.26. The van der Waals surface area contributed by atoms with Crippen LogP contribution in [0, 0.1) is 12.3 Å². The number of fused-ring (bicyclic) bond motifs is 1. The summed E-state index contributed by atoms with van der Waals surface area (Å²) >= 11 is 0. The Bertz CT molecular complexity index is 926. The van der Waals surface area contributed by atoms with E-state index in [2.05, 4.69) is 15.6 Å². The zero-order valence-electron chi connectivity index (χ0n) is 17.5. The molecule has 1 amide bonds. The first-order valence-corrected chi connectivity index (χ1v) is 10.5. The second kappa shape index (κ2) is 8.59. The molecule has 1 spiro atoms. The van der Waals surface area contributed by atoms with Crippen LogP contribution in [0.1, 0.15) is 53.0 Å². The molecule has 0 aliphatic carbocycles. The highest BCUT2D eigenvalue weighted by Gasteiger charge is 2.39. The predicted octanol–water partition coefficient (Wildman–Crippen LogP) is 1.61. The third-order valence-corrected chi connectivity index (χ3v) is 5.98. The maximum atomic E-state index is 12.8. The Morgan fingerprint density at radius 3 is 2.87 bits per heavy atom. The van der Waals surface area contributed by atoms with E-state index in [1.54, 1.807) is 13.0 Å². The molecule has 162 valence electrons. The van der Waals surface area contributed by atoms with Crippen LogP contribution in [0.25, 0.3) is 0 Å². The van der Waals surface area contributed by atoms with E-state index in [-0.39, 0.29) is 30.3 Å². The molecule has 0 radical (unpaired) electrons. The number of ether oxygens (including phenoxy) is 2. The number of rotatable bonds is 6. The summed E-state index contributed by atoms with van der Waals surface area (Å²) in [6, 6.07) is 1.72. The Morgan fingerprint density at radius 2 is 2.17 bits per heavy atom. The number of esters is 1. The second-order valence-corrected chi connectivity index (χ2v) is 8.14. The lowest BCUT2D eigenvalue weighted by molar-refractivity contribution is -0.143. The molecule has 0 aromatic carbocycles. The first kappa shape index (κ1) is 20.6. The van der Waals surface area contributed by atoms with E-state index in [1.807, 2.05) is 11.6 Å². The van der Waals surface area contributed by atoms with Crippen molar-refractivity contribution >= 4 is 11.9 Å². The third-order valence-electron chi connectivity index (χ3n) is 5.98. The van der Waals surface area contributed by atoms with Gasteiger partial charge in [-0.25, -0.2) is 0 Å². The predicted molar refractivity (Wildman–Crippen MR) is 106 cm³/mol. The number of hydrogen-bond acceptors (Lipinski definition) is 7. The number of aryl methyl sites for hydroxylation is 2. The number of carbonyl (C=O) groups excluding carboxylic acids is 2. The van der Waals surface area contributed by atoms with Crippen molar-refractivity contribution in [1.82, 2.24) is 20.3 Å². The van der Waals surface area contributed by atoms with E-state index in [4.69, 9.17) is 14.0 Å². The average Bonchev–Trinajstić information content (AvgIpc) is 3.26. The summed E-state index contributed by atoms with van der Waals surface area (Å²) in [4.78, 5) is 24.9. The summed E-state index contributed by atoms with van der Waals surface area (Å²) in [5.41, 5.74) is 2.95. The zero-order chi connectivity index (χ0) is 21.1. The highest BCUT2D eigenvalue weighted by Crippen LogP contribution is 2.37. The van der Waals surface area contributed by atoms with Gasteiger partial charge in [-0.2, -0.15) is 5.10 Å². The van der Waals surface area contributed by atoms with Gasteiger partial charge >= 0.3 is 5.97 Å². The molecule has 9 nitrogen and oxygen atoms in total. The molecule has 0 saturated carbocycles. The Balaban J connectivity index is 1.47. The van der Waals surface area contributed by atoms with Crippen molar-refractivity contribution in [1.29, 1.82) is 0 Å². The topological polar surface area (TPSA) is 108 Å². The van der Waals surface area contributed by atoms with Crippen LogP contribution in [0.3, 0.4) is 0 Å². The quantitative estimate of drug-likeness (QED) is 0.713. The monoisotopic (exact) mass is 416 g/mol. The van der Waals surface area contributed by atoms with Crippen molar-refractivity contribution in [3.05, 3.63) is 34.5 Å². The second-order valence-electron chi connectivity index (χ2n) is 8.14. The van der Waals surface area contributed by atoms with Gasteiger partial charge in [0.15, 0.2) is 0 Å². The zero-order valence-corrected chi connectivity index (χ0v) is 17.5. The van der Waals surface area contributed by atoms with Crippen LogP contribution in [0.15, 0.2) is 10.6 Å². The largest absolute Gasteiger partial charge is 0.463 e. The lowest BCUT2D eigenvalue weighted by atomic mass is 9.76. The van der Waals surface area contributed by atoms with Gasteiger partial charge in [0.05, 0.1) is 35.6 Å². The summed E-state index contributed by atoms with van der Waals surface area (Å²) in [5, 5.41) is 11.6. The number of hydrogen-bond donors (Lipinski definition) is 1. The standard InChI is InChI=1S/C21H28N4O5/c1-3-16-19-17(12-21(13-22-20(19)27)4-7-28-8-5-21)25(23-16)6-9-29-18(26)11-15-10-14(2)30-24-15/h10H,3-9,11-13H2,1-2H3,(H,22,27). The molecule has 9 heteroatoms. The van der Waals surface area contributed by atoms with Crippen LogP contribution >= 0.6 is 0 Å². The van der Waals surface area contributed by atoms with Crippen LogP contribution in [0.2, 0.25) is 0 Å². The fraction of sp³-hybridized carbons (Fsp3) is 0.619. The molecule has 2 aliphatic heterocycles. The summed E-state index contributed by atoms with van der Waals surface area (Å²) in [7, 11) is 0. The Labute approximate surface area is 175 Å². The molecule has 1 saturated heterocycles. The number of nitrogens with zero attached hydrogens (tertiary/aromatic N) is 3. The minimum Gasteiger partial charge on any atom is -0.463 e. The molecule has 2 aromatic heterocycles. The molecule has 4 heterocycles. The Kier molecular flexibility index (Phi) is 5.90. The lowest BCUT2D eigenvalue weighted by Crippen LogP contribution is -2.40. The van der Waals surface area contributed by atoms with Crippen molar-refractivity contribution in [2.45, 2.75) is 52.5 Å².